The molecule has 0 amide bonds. The van der Waals surface area contributed by atoms with Crippen molar-refractivity contribution in [1.29, 1.82) is 0 Å². The van der Waals surface area contributed by atoms with Gasteiger partial charge in [0, 0.05) is 0 Å². The largest absolute Gasteiger partial charge is 0.495 e. The van der Waals surface area contributed by atoms with Gasteiger partial charge in [-0.3, -0.25) is 0 Å². The summed E-state index contributed by atoms with van der Waals surface area (Å²) in [7, 11) is 1.45. The molecule has 0 N–H and O–H groups in total. The van der Waals surface area contributed by atoms with Gasteiger partial charge in [-0.1, -0.05) is 17.7 Å². The average Bonchev–Trinajstić information content (AvgIpc) is 2.16. The van der Waals surface area contributed by atoms with Gasteiger partial charge in [0.1, 0.15) is 11.1 Å². The molecule has 1 aromatic rings. The maximum absolute atomic E-state index is 12.2. The minimum atomic E-state index is -2.61. The van der Waals surface area contributed by atoms with E-state index in [0.29, 0.717) is 5.75 Å². The molecule has 1 rings (SSSR count). The first-order chi connectivity index (χ1) is 6.56. The second kappa shape index (κ2) is 4.80. The second-order valence-corrected chi connectivity index (χ2v) is 3.51. The van der Waals surface area contributed by atoms with Crippen LogP contribution in [0.15, 0.2) is 18.2 Å². The third kappa shape index (κ3) is 2.49. The van der Waals surface area contributed by atoms with Crippen molar-refractivity contribution in [2.24, 2.45) is 0 Å². The molecule has 0 radical (unpaired) electrons. The van der Waals surface area contributed by atoms with E-state index < -0.39 is 11.8 Å². The first-order valence-corrected chi connectivity index (χ1v) is 4.63. The van der Waals surface area contributed by atoms with Gasteiger partial charge < -0.3 is 4.74 Å². The third-order valence-corrected chi connectivity index (χ3v) is 2.45. The van der Waals surface area contributed by atoms with E-state index in [-0.39, 0.29) is 10.6 Å². The highest BCUT2D eigenvalue weighted by molar-refractivity contribution is 6.32. The Bertz CT molecular complexity index is 318. The molecule has 1 aromatic carbocycles. The summed E-state index contributed by atoms with van der Waals surface area (Å²) in [6.07, 6.45) is -2.61. The van der Waals surface area contributed by atoms with Gasteiger partial charge in [-0.05, 0) is 17.7 Å². The van der Waals surface area contributed by atoms with Crippen LogP contribution >= 0.6 is 23.2 Å². The lowest BCUT2D eigenvalue weighted by atomic mass is 10.1. The highest BCUT2D eigenvalue weighted by Gasteiger charge is 2.20. The zero-order valence-electron chi connectivity index (χ0n) is 7.31. The lowest BCUT2D eigenvalue weighted by Gasteiger charge is -2.10. The van der Waals surface area contributed by atoms with Crippen molar-refractivity contribution in [2.75, 3.05) is 7.11 Å². The highest BCUT2D eigenvalue weighted by atomic mass is 35.5. The van der Waals surface area contributed by atoms with Crippen molar-refractivity contribution in [1.82, 2.24) is 0 Å². The molecule has 1 unspecified atom stereocenters. The van der Waals surface area contributed by atoms with Crippen molar-refractivity contribution in [3.05, 3.63) is 28.8 Å². The first-order valence-electron chi connectivity index (χ1n) is 3.82. The normalized spacial score (nSPS) is 13.0. The van der Waals surface area contributed by atoms with E-state index in [0.717, 1.165) is 0 Å². The van der Waals surface area contributed by atoms with E-state index >= 15 is 0 Å². The fourth-order valence-electron chi connectivity index (χ4n) is 1.000. The molecule has 0 aromatic heterocycles. The number of hydrogen-bond donors (Lipinski definition) is 0. The van der Waals surface area contributed by atoms with E-state index in [1.807, 2.05) is 0 Å². The smallest absolute Gasteiger partial charge is 0.258 e. The Morgan fingerprint density at radius 2 is 2.00 bits per heavy atom. The van der Waals surface area contributed by atoms with Gasteiger partial charge in [0.25, 0.3) is 6.43 Å². The number of halogens is 4. The highest BCUT2D eigenvalue weighted by Crippen LogP contribution is 2.32. The number of ether oxygens (including phenoxy) is 1. The summed E-state index contributed by atoms with van der Waals surface area (Å²) in [5, 5.41) is -1.06. The molecule has 78 valence electrons. The summed E-state index contributed by atoms with van der Waals surface area (Å²) < 4.78 is 29.3. The van der Waals surface area contributed by atoms with Crippen molar-refractivity contribution in [3.63, 3.8) is 0 Å². The Balaban J connectivity index is 2.96. The Morgan fingerprint density at radius 3 is 2.43 bits per heavy atom. The zero-order valence-corrected chi connectivity index (χ0v) is 8.82. The van der Waals surface area contributed by atoms with Gasteiger partial charge in [-0.2, -0.15) is 0 Å². The summed E-state index contributed by atoms with van der Waals surface area (Å²) in [6.45, 7) is 0. The number of methoxy groups -OCH3 is 1. The van der Waals surface area contributed by atoms with Crippen molar-refractivity contribution in [3.8, 4) is 5.75 Å². The maximum atomic E-state index is 12.2. The van der Waals surface area contributed by atoms with Crippen LogP contribution in [-0.4, -0.2) is 13.5 Å². The fourth-order valence-corrected chi connectivity index (χ4v) is 1.40. The van der Waals surface area contributed by atoms with E-state index in [1.165, 1.54) is 25.3 Å². The van der Waals surface area contributed by atoms with Crippen LogP contribution in [0.5, 0.6) is 5.75 Å². The van der Waals surface area contributed by atoms with E-state index in [9.17, 15) is 8.78 Å². The van der Waals surface area contributed by atoms with Gasteiger partial charge in [-0.15, -0.1) is 11.6 Å². The molecule has 14 heavy (non-hydrogen) atoms. The molecule has 0 saturated carbocycles. The van der Waals surface area contributed by atoms with Crippen LogP contribution in [0.4, 0.5) is 8.78 Å². The molecule has 0 aliphatic carbocycles. The molecule has 5 heteroatoms. The second-order valence-electron chi connectivity index (χ2n) is 2.63. The van der Waals surface area contributed by atoms with Crippen LogP contribution in [0, 0.1) is 0 Å². The monoisotopic (exact) mass is 240 g/mol. The van der Waals surface area contributed by atoms with E-state index in [4.69, 9.17) is 27.9 Å². The van der Waals surface area contributed by atoms with Crippen LogP contribution in [0.1, 0.15) is 10.9 Å². The lowest BCUT2D eigenvalue weighted by Crippen LogP contribution is -2.01. The molecule has 1 atom stereocenters. The van der Waals surface area contributed by atoms with Gasteiger partial charge in [0.05, 0.1) is 12.1 Å². The lowest BCUT2D eigenvalue weighted by molar-refractivity contribution is 0.143. The summed E-state index contributed by atoms with van der Waals surface area (Å²) in [6, 6.07) is 4.36. The summed E-state index contributed by atoms with van der Waals surface area (Å²) in [5.74, 6) is 0.438. The first kappa shape index (κ1) is 11.5. The molecule has 1 nitrogen and oxygen atoms in total. The Hall–Kier alpha value is -0.540. The van der Waals surface area contributed by atoms with Gasteiger partial charge in [0.2, 0.25) is 0 Å². The molecule has 0 heterocycles. The fraction of sp³-hybridized carbons (Fsp3) is 0.333. The number of benzene rings is 1. The Labute approximate surface area is 90.6 Å². The SMILES string of the molecule is COc1ccc(C(Cl)C(F)F)cc1Cl. The Morgan fingerprint density at radius 1 is 1.36 bits per heavy atom. The van der Waals surface area contributed by atoms with Crippen LogP contribution in [-0.2, 0) is 0 Å². The van der Waals surface area contributed by atoms with E-state index in [1.54, 1.807) is 0 Å². The van der Waals surface area contributed by atoms with Gasteiger partial charge in [0.15, 0.2) is 0 Å². The van der Waals surface area contributed by atoms with Crippen molar-refractivity contribution < 1.29 is 13.5 Å². The molecule has 0 spiro atoms. The molecule has 0 fully saturated rings. The summed E-state index contributed by atoms with van der Waals surface area (Å²) in [5.41, 5.74) is 0.285. The maximum Gasteiger partial charge on any atom is 0.258 e. The molecule has 0 aliphatic rings. The predicted octanol–water partition coefficient (Wildman–Crippen LogP) is 3.89. The van der Waals surface area contributed by atoms with Crippen LogP contribution in [0.3, 0.4) is 0 Å². The number of hydrogen-bond acceptors (Lipinski definition) is 1. The molecule has 0 aliphatic heterocycles. The van der Waals surface area contributed by atoms with Crippen LogP contribution in [0.2, 0.25) is 5.02 Å². The number of alkyl halides is 3. The standard InChI is InChI=1S/C9H8Cl2F2O/c1-14-7-3-2-5(4-6(7)10)8(11)9(12)13/h2-4,8-9H,1H3. The van der Waals surface area contributed by atoms with Crippen LogP contribution in [0.25, 0.3) is 0 Å². The van der Waals surface area contributed by atoms with Crippen molar-refractivity contribution in [2.45, 2.75) is 11.8 Å². The minimum absolute atomic E-state index is 0.274. The minimum Gasteiger partial charge on any atom is -0.495 e. The molecular weight excluding hydrogens is 233 g/mol. The molecular formula is C9H8Cl2F2O. The molecule has 0 saturated heterocycles. The summed E-state index contributed by atoms with van der Waals surface area (Å²) in [4.78, 5) is 0. The van der Waals surface area contributed by atoms with Gasteiger partial charge >= 0.3 is 0 Å². The Kier molecular flexibility index (Phi) is 3.96. The summed E-state index contributed by atoms with van der Waals surface area (Å²) >= 11 is 11.2. The van der Waals surface area contributed by atoms with Crippen LogP contribution < -0.4 is 4.74 Å². The average molecular weight is 241 g/mol. The predicted molar refractivity (Wildman–Crippen MR) is 52.6 cm³/mol. The molecule has 0 bridgehead atoms. The zero-order chi connectivity index (χ0) is 10.7. The quantitative estimate of drug-likeness (QED) is 0.729. The van der Waals surface area contributed by atoms with Crippen molar-refractivity contribution >= 4 is 23.2 Å². The third-order valence-electron chi connectivity index (χ3n) is 1.72. The van der Waals surface area contributed by atoms with Gasteiger partial charge in [-0.25, -0.2) is 8.78 Å². The number of rotatable bonds is 3. The van der Waals surface area contributed by atoms with E-state index in [2.05, 4.69) is 0 Å². The topological polar surface area (TPSA) is 9.23 Å².